The van der Waals surface area contributed by atoms with Crippen molar-refractivity contribution in [3.8, 4) is 0 Å². The van der Waals surface area contributed by atoms with Gasteiger partial charge < -0.3 is 10.1 Å². The van der Waals surface area contributed by atoms with Crippen LogP contribution in [-0.4, -0.2) is 44.9 Å². The van der Waals surface area contributed by atoms with Gasteiger partial charge in [0.2, 0.25) is 10.0 Å². The van der Waals surface area contributed by atoms with Crippen molar-refractivity contribution in [1.29, 1.82) is 0 Å². The molecule has 1 aliphatic carbocycles. The summed E-state index contributed by atoms with van der Waals surface area (Å²) in [6.45, 7) is 2.65. The molecule has 1 fully saturated rings. The molecule has 2 aliphatic rings. The maximum atomic E-state index is 13.2. The Kier molecular flexibility index (Phi) is 6.34. The molecule has 0 atom stereocenters. The van der Waals surface area contributed by atoms with E-state index in [1.807, 2.05) is 24.3 Å². The third-order valence-electron chi connectivity index (χ3n) is 5.35. The molecule has 1 aliphatic heterocycles. The highest BCUT2D eigenvalue weighted by Gasteiger charge is 2.32. The van der Waals surface area contributed by atoms with Gasteiger partial charge in [0.15, 0.2) is 0 Å². The molecule has 1 N–H and O–H groups in total. The maximum Gasteiger partial charge on any atom is 0.262 e. The summed E-state index contributed by atoms with van der Waals surface area (Å²) in [5.41, 5.74) is 2.21. The largest absolute Gasteiger partial charge is 0.381 e. The molecule has 2 aromatic rings. The summed E-state index contributed by atoms with van der Waals surface area (Å²) in [6, 6.07) is 9.43. The lowest BCUT2D eigenvalue weighted by atomic mass is 10.0. The molecule has 1 amide bonds. The van der Waals surface area contributed by atoms with Crippen molar-refractivity contribution < 1.29 is 17.9 Å². The predicted octanol–water partition coefficient (Wildman–Crippen LogP) is 3.04. The topological polar surface area (TPSA) is 75.7 Å². The SMILES string of the molecule is O=C(NCCCOCC1CC1)c1sccc1S(=O)(=O)N1CCc2ccccc2C1. The zero-order valence-corrected chi connectivity index (χ0v) is 17.9. The van der Waals surface area contributed by atoms with Gasteiger partial charge in [-0.15, -0.1) is 11.3 Å². The fourth-order valence-electron chi connectivity index (χ4n) is 3.47. The summed E-state index contributed by atoms with van der Waals surface area (Å²) in [7, 11) is -3.72. The van der Waals surface area contributed by atoms with Crippen LogP contribution in [0.2, 0.25) is 0 Å². The number of nitrogens with zero attached hydrogens (tertiary/aromatic N) is 1. The van der Waals surface area contributed by atoms with E-state index in [1.165, 1.54) is 40.1 Å². The van der Waals surface area contributed by atoms with E-state index in [0.717, 1.165) is 24.5 Å². The lowest BCUT2D eigenvalue weighted by Gasteiger charge is -2.28. The van der Waals surface area contributed by atoms with E-state index in [9.17, 15) is 13.2 Å². The number of rotatable bonds is 9. The molecule has 8 heteroatoms. The fraction of sp³-hybridized carbons (Fsp3) is 0.476. The van der Waals surface area contributed by atoms with Crippen LogP contribution in [0.3, 0.4) is 0 Å². The number of carbonyl (C=O) groups is 1. The van der Waals surface area contributed by atoms with Gasteiger partial charge in [-0.25, -0.2) is 8.42 Å². The standard InChI is InChI=1S/C21H26N2O4S2/c24-21(22-10-3-12-27-15-16-6-7-16)20-19(9-13-28-20)29(25,26)23-11-8-17-4-1-2-5-18(17)14-23/h1-2,4-5,9,13,16H,3,6-8,10-12,14-15H2,(H,22,24). The number of benzene rings is 1. The van der Waals surface area contributed by atoms with Gasteiger partial charge in [-0.2, -0.15) is 4.31 Å². The Morgan fingerprint density at radius 3 is 2.79 bits per heavy atom. The van der Waals surface area contributed by atoms with Gasteiger partial charge in [-0.05, 0) is 54.2 Å². The molecule has 0 spiro atoms. The summed E-state index contributed by atoms with van der Waals surface area (Å²) in [5.74, 6) is 0.392. The first-order valence-corrected chi connectivity index (χ1v) is 12.4. The van der Waals surface area contributed by atoms with E-state index in [4.69, 9.17) is 4.74 Å². The molecule has 4 rings (SSSR count). The van der Waals surface area contributed by atoms with E-state index < -0.39 is 10.0 Å². The van der Waals surface area contributed by atoms with Gasteiger partial charge in [-0.3, -0.25) is 4.79 Å². The molecular weight excluding hydrogens is 408 g/mol. The van der Waals surface area contributed by atoms with Gasteiger partial charge in [0.05, 0.1) is 0 Å². The Morgan fingerprint density at radius 1 is 1.21 bits per heavy atom. The van der Waals surface area contributed by atoms with Crippen LogP contribution in [0.4, 0.5) is 0 Å². The van der Waals surface area contributed by atoms with Crippen LogP contribution >= 0.6 is 11.3 Å². The molecule has 1 aromatic carbocycles. The first-order valence-electron chi connectivity index (χ1n) is 10.1. The average molecular weight is 435 g/mol. The first-order chi connectivity index (χ1) is 14.1. The number of fused-ring (bicyclic) bond motifs is 1. The molecule has 1 aromatic heterocycles. The predicted molar refractivity (Wildman–Crippen MR) is 113 cm³/mol. The van der Waals surface area contributed by atoms with Crippen molar-refractivity contribution in [1.82, 2.24) is 9.62 Å². The highest BCUT2D eigenvalue weighted by atomic mass is 32.2. The van der Waals surface area contributed by atoms with Crippen LogP contribution in [0.1, 0.15) is 40.1 Å². The third kappa shape index (κ3) is 4.88. The normalized spacial score (nSPS) is 17.1. The molecular formula is C21H26N2O4S2. The molecule has 0 unspecified atom stereocenters. The number of thiophene rings is 1. The van der Waals surface area contributed by atoms with E-state index >= 15 is 0 Å². The highest BCUT2D eigenvalue weighted by Crippen LogP contribution is 2.30. The number of amides is 1. The number of ether oxygens (including phenoxy) is 1. The van der Waals surface area contributed by atoms with Gasteiger partial charge in [0.25, 0.3) is 5.91 Å². The highest BCUT2D eigenvalue weighted by molar-refractivity contribution is 7.89. The maximum absolute atomic E-state index is 13.2. The van der Waals surface area contributed by atoms with E-state index in [-0.39, 0.29) is 15.7 Å². The lowest BCUT2D eigenvalue weighted by Crippen LogP contribution is -2.37. The molecule has 0 saturated heterocycles. The third-order valence-corrected chi connectivity index (χ3v) is 8.28. The second kappa shape index (κ2) is 8.95. The smallest absolute Gasteiger partial charge is 0.262 e. The molecule has 156 valence electrons. The van der Waals surface area contributed by atoms with Gasteiger partial charge in [-0.1, -0.05) is 24.3 Å². The van der Waals surface area contributed by atoms with Crippen LogP contribution in [0.15, 0.2) is 40.6 Å². The number of carbonyl (C=O) groups excluding carboxylic acids is 1. The van der Waals surface area contributed by atoms with Crippen molar-refractivity contribution in [3.05, 3.63) is 51.7 Å². The van der Waals surface area contributed by atoms with Crippen molar-refractivity contribution in [2.75, 3.05) is 26.3 Å². The Labute approximate surface area is 175 Å². The number of sulfonamides is 1. The second-order valence-corrected chi connectivity index (χ2v) is 10.4. The molecule has 6 nitrogen and oxygen atoms in total. The fourth-order valence-corrected chi connectivity index (χ4v) is 6.21. The zero-order chi connectivity index (χ0) is 20.3. The van der Waals surface area contributed by atoms with Crippen LogP contribution in [0.5, 0.6) is 0 Å². The van der Waals surface area contributed by atoms with Gasteiger partial charge in [0, 0.05) is 32.8 Å². The minimum atomic E-state index is -3.72. The molecule has 2 heterocycles. The summed E-state index contributed by atoms with van der Waals surface area (Å²) >= 11 is 1.17. The quantitative estimate of drug-likeness (QED) is 0.616. The van der Waals surface area contributed by atoms with Crippen LogP contribution in [-0.2, 0) is 27.7 Å². The second-order valence-electron chi connectivity index (χ2n) is 7.60. The van der Waals surface area contributed by atoms with E-state index in [0.29, 0.717) is 32.7 Å². The van der Waals surface area contributed by atoms with Crippen LogP contribution in [0, 0.1) is 5.92 Å². The van der Waals surface area contributed by atoms with Crippen LogP contribution < -0.4 is 5.32 Å². The van der Waals surface area contributed by atoms with E-state index in [1.54, 1.807) is 5.38 Å². The van der Waals surface area contributed by atoms with Crippen molar-refractivity contribution in [3.63, 3.8) is 0 Å². The minimum Gasteiger partial charge on any atom is -0.381 e. The van der Waals surface area contributed by atoms with Crippen LogP contribution in [0.25, 0.3) is 0 Å². The summed E-state index contributed by atoms with van der Waals surface area (Å²) in [4.78, 5) is 12.9. The number of hydrogen-bond acceptors (Lipinski definition) is 5. The Morgan fingerprint density at radius 2 is 2.00 bits per heavy atom. The zero-order valence-electron chi connectivity index (χ0n) is 16.3. The molecule has 0 radical (unpaired) electrons. The first kappa shape index (κ1) is 20.5. The summed E-state index contributed by atoms with van der Waals surface area (Å²) in [6.07, 6.45) is 3.92. The average Bonchev–Trinajstić information content (AvgIpc) is 3.41. The number of nitrogens with one attached hydrogen (secondary N) is 1. The number of hydrogen-bond donors (Lipinski definition) is 1. The van der Waals surface area contributed by atoms with Crippen molar-refractivity contribution in [2.24, 2.45) is 5.92 Å². The molecule has 1 saturated carbocycles. The van der Waals surface area contributed by atoms with Crippen molar-refractivity contribution >= 4 is 27.3 Å². The Hall–Kier alpha value is -1.74. The van der Waals surface area contributed by atoms with E-state index in [2.05, 4.69) is 5.32 Å². The molecule has 0 bridgehead atoms. The summed E-state index contributed by atoms with van der Waals surface area (Å²) < 4.78 is 33.4. The van der Waals surface area contributed by atoms with Gasteiger partial charge in [0.1, 0.15) is 9.77 Å². The molecule has 29 heavy (non-hydrogen) atoms. The summed E-state index contributed by atoms with van der Waals surface area (Å²) in [5, 5.41) is 4.49. The Bertz CT molecular complexity index is 967. The van der Waals surface area contributed by atoms with Crippen molar-refractivity contribution in [2.45, 2.75) is 37.1 Å². The minimum absolute atomic E-state index is 0.101. The Balaban J connectivity index is 1.36. The monoisotopic (exact) mass is 434 g/mol. The van der Waals surface area contributed by atoms with Gasteiger partial charge >= 0.3 is 0 Å². The lowest BCUT2D eigenvalue weighted by molar-refractivity contribution is 0.0938.